The van der Waals surface area contributed by atoms with Crippen molar-refractivity contribution in [2.45, 2.75) is 38.1 Å². The second kappa shape index (κ2) is 5.19. The zero-order valence-electron chi connectivity index (χ0n) is 11.0. The Labute approximate surface area is 114 Å². The molecule has 1 aliphatic rings. The second-order valence-corrected chi connectivity index (χ2v) is 5.06. The number of hydrogen-bond acceptors (Lipinski definition) is 2. The largest absolute Gasteiger partial charge is 0.478 e. The molecule has 4 nitrogen and oxygen atoms in total. The predicted octanol–water partition coefficient (Wildman–Crippen LogP) is 2.73. The lowest BCUT2D eigenvalue weighted by Gasteiger charge is -2.42. The van der Waals surface area contributed by atoms with E-state index in [0.717, 1.165) is 19.3 Å². The number of carbonyl (C=O) groups excluding carboxylic acids is 1. The molecule has 1 aliphatic carbocycles. The monoisotopic (exact) mass is 283 g/mol. The van der Waals surface area contributed by atoms with Crippen LogP contribution in [0.2, 0.25) is 0 Å². The number of nitrogens with one attached hydrogen (secondary N) is 1. The highest BCUT2D eigenvalue weighted by molar-refractivity contribution is 6.05. The van der Waals surface area contributed by atoms with E-state index >= 15 is 0 Å². The lowest BCUT2D eigenvalue weighted by molar-refractivity contribution is 0.0683. The standard InChI is InChI=1S/C14H15F2NO3/c1-2-14(4-3-5-14)17-12(18)8-6-10(15)11(16)7-9(8)13(19)20/h6-7H,2-5H2,1H3,(H,17,18)(H,19,20). The number of hydrogen-bond donors (Lipinski definition) is 2. The Morgan fingerprint density at radius 2 is 1.80 bits per heavy atom. The fraction of sp³-hybridized carbons (Fsp3) is 0.429. The van der Waals surface area contributed by atoms with Crippen LogP contribution in [0.3, 0.4) is 0 Å². The van der Waals surface area contributed by atoms with Gasteiger partial charge in [0.1, 0.15) is 0 Å². The maximum atomic E-state index is 13.2. The van der Waals surface area contributed by atoms with Crippen molar-refractivity contribution in [3.8, 4) is 0 Å². The van der Waals surface area contributed by atoms with Gasteiger partial charge < -0.3 is 10.4 Å². The summed E-state index contributed by atoms with van der Waals surface area (Å²) in [7, 11) is 0. The molecule has 6 heteroatoms. The first-order valence-electron chi connectivity index (χ1n) is 6.43. The molecular weight excluding hydrogens is 268 g/mol. The van der Waals surface area contributed by atoms with Crippen molar-refractivity contribution in [3.05, 3.63) is 34.9 Å². The third-order valence-corrected chi connectivity index (χ3v) is 3.90. The Bertz CT molecular complexity index is 562. The summed E-state index contributed by atoms with van der Waals surface area (Å²) < 4.78 is 26.3. The minimum atomic E-state index is -1.46. The molecule has 2 rings (SSSR count). The highest BCUT2D eigenvalue weighted by Gasteiger charge is 2.37. The average molecular weight is 283 g/mol. The Balaban J connectivity index is 2.33. The van der Waals surface area contributed by atoms with Gasteiger partial charge in [-0.15, -0.1) is 0 Å². The van der Waals surface area contributed by atoms with Gasteiger partial charge in [0.15, 0.2) is 11.6 Å². The zero-order valence-corrected chi connectivity index (χ0v) is 11.0. The molecule has 0 spiro atoms. The van der Waals surface area contributed by atoms with E-state index in [1.807, 2.05) is 6.92 Å². The first kappa shape index (κ1) is 14.4. The minimum absolute atomic E-state index is 0.349. The van der Waals surface area contributed by atoms with Crippen LogP contribution in [0.4, 0.5) is 8.78 Å². The summed E-state index contributed by atoms with van der Waals surface area (Å²) in [5.41, 5.74) is -1.24. The average Bonchev–Trinajstić information content (AvgIpc) is 2.36. The van der Waals surface area contributed by atoms with Crippen LogP contribution in [-0.2, 0) is 0 Å². The van der Waals surface area contributed by atoms with E-state index in [1.54, 1.807) is 0 Å². The van der Waals surface area contributed by atoms with Crippen molar-refractivity contribution in [1.29, 1.82) is 0 Å². The maximum Gasteiger partial charge on any atom is 0.336 e. The lowest BCUT2D eigenvalue weighted by Crippen LogP contribution is -2.53. The van der Waals surface area contributed by atoms with Gasteiger partial charge in [0, 0.05) is 5.54 Å². The number of halogens is 2. The topological polar surface area (TPSA) is 66.4 Å². The zero-order chi connectivity index (χ0) is 14.9. The van der Waals surface area contributed by atoms with E-state index in [1.165, 1.54) is 0 Å². The van der Waals surface area contributed by atoms with Gasteiger partial charge in [-0.2, -0.15) is 0 Å². The number of benzene rings is 1. The van der Waals surface area contributed by atoms with Gasteiger partial charge in [-0.1, -0.05) is 6.92 Å². The first-order valence-corrected chi connectivity index (χ1v) is 6.43. The molecule has 0 aromatic heterocycles. The van der Waals surface area contributed by atoms with E-state index in [-0.39, 0.29) is 11.1 Å². The van der Waals surface area contributed by atoms with Gasteiger partial charge in [0.2, 0.25) is 0 Å². The molecule has 20 heavy (non-hydrogen) atoms. The quantitative estimate of drug-likeness (QED) is 0.892. The van der Waals surface area contributed by atoms with Crippen molar-refractivity contribution >= 4 is 11.9 Å². The highest BCUT2D eigenvalue weighted by atomic mass is 19.2. The van der Waals surface area contributed by atoms with Crippen molar-refractivity contribution in [2.75, 3.05) is 0 Å². The summed E-state index contributed by atoms with van der Waals surface area (Å²) in [5.74, 6) is -4.66. The van der Waals surface area contributed by atoms with Crippen molar-refractivity contribution < 1.29 is 23.5 Å². The Morgan fingerprint density at radius 3 is 2.20 bits per heavy atom. The molecule has 0 radical (unpaired) electrons. The molecule has 0 saturated heterocycles. The van der Waals surface area contributed by atoms with Crippen LogP contribution in [0, 0.1) is 11.6 Å². The Hall–Kier alpha value is -1.98. The maximum absolute atomic E-state index is 13.2. The van der Waals surface area contributed by atoms with Crippen molar-refractivity contribution in [2.24, 2.45) is 0 Å². The van der Waals surface area contributed by atoms with E-state index in [0.29, 0.717) is 18.6 Å². The summed E-state index contributed by atoms with van der Waals surface area (Å²) >= 11 is 0. The van der Waals surface area contributed by atoms with E-state index in [2.05, 4.69) is 5.32 Å². The number of amides is 1. The van der Waals surface area contributed by atoms with Crippen LogP contribution < -0.4 is 5.32 Å². The first-order chi connectivity index (χ1) is 9.38. The summed E-state index contributed by atoms with van der Waals surface area (Å²) in [6.07, 6.45) is 3.31. The summed E-state index contributed by atoms with van der Waals surface area (Å²) in [4.78, 5) is 23.2. The molecule has 2 N–H and O–H groups in total. The highest BCUT2D eigenvalue weighted by Crippen LogP contribution is 2.35. The molecular formula is C14H15F2NO3. The normalized spacial score (nSPS) is 16.4. The summed E-state index contributed by atoms with van der Waals surface area (Å²) in [6, 6.07) is 1.17. The molecule has 0 atom stereocenters. The molecule has 1 aromatic rings. The third-order valence-electron chi connectivity index (χ3n) is 3.90. The smallest absolute Gasteiger partial charge is 0.336 e. The fourth-order valence-corrected chi connectivity index (χ4v) is 2.39. The number of carbonyl (C=O) groups is 2. The van der Waals surface area contributed by atoms with Gasteiger partial charge in [-0.25, -0.2) is 13.6 Å². The van der Waals surface area contributed by atoms with E-state index in [9.17, 15) is 18.4 Å². The van der Waals surface area contributed by atoms with Gasteiger partial charge in [0.25, 0.3) is 5.91 Å². The van der Waals surface area contributed by atoms with Gasteiger partial charge in [0.05, 0.1) is 11.1 Å². The number of aromatic carboxylic acids is 1. The van der Waals surface area contributed by atoms with Gasteiger partial charge >= 0.3 is 5.97 Å². The Morgan fingerprint density at radius 1 is 1.25 bits per heavy atom. The molecule has 1 aromatic carbocycles. The summed E-state index contributed by atoms with van der Waals surface area (Å²) in [5, 5.41) is 11.7. The minimum Gasteiger partial charge on any atom is -0.478 e. The molecule has 1 saturated carbocycles. The van der Waals surface area contributed by atoms with Crippen LogP contribution in [0.5, 0.6) is 0 Å². The second-order valence-electron chi connectivity index (χ2n) is 5.06. The van der Waals surface area contributed by atoms with E-state index < -0.39 is 29.1 Å². The van der Waals surface area contributed by atoms with Gasteiger partial charge in [-0.3, -0.25) is 4.79 Å². The van der Waals surface area contributed by atoms with Crippen LogP contribution in [-0.4, -0.2) is 22.5 Å². The van der Waals surface area contributed by atoms with Crippen LogP contribution in [0.25, 0.3) is 0 Å². The molecule has 0 bridgehead atoms. The summed E-state index contributed by atoms with van der Waals surface area (Å²) in [6.45, 7) is 1.92. The lowest BCUT2D eigenvalue weighted by atomic mass is 9.74. The SMILES string of the molecule is CCC1(NC(=O)c2cc(F)c(F)cc2C(=O)O)CCC1. The Kier molecular flexibility index (Phi) is 3.74. The van der Waals surface area contributed by atoms with Crippen LogP contribution >= 0.6 is 0 Å². The fourth-order valence-electron chi connectivity index (χ4n) is 2.39. The molecule has 0 heterocycles. The molecule has 1 amide bonds. The molecule has 108 valence electrons. The predicted molar refractivity (Wildman–Crippen MR) is 67.7 cm³/mol. The number of carboxylic acids is 1. The van der Waals surface area contributed by atoms with E-state index in [4.69, 9.17) is 5.11 Å². The molecule has 0 unspecified atom stereocenters. The third kappa shape index (κ3) is 2.50. The number of rotatable bonds is 4. The van der Waals surface area contributed by atoms with Gasteiger partial charge in [-0.05, 0) is 37.8 Å². The van der Waals surface area contributed by atoms with Crippen molar-refractivity contribution in [1.82, 2.24) is 5.32 Å². The molecule has 0 aliphatic heterocycles. The number of carboxylic acid groups (broad SMARTS) is 1. The molecule has 1 fully saturated rings. The van der Waals surface area contributed by atoms with Crippen molar-refractivity contribution in [3.63, 3.8) is 0 Å². The van der Waals surface area contributed by atoms with Crippen LogP contribution in [0.15, 0.2) is 12.1 Å². The van der Waals surface area contributed by atoms with Crippen LogP contribution in [0.1, 0.15) is 53.3 Å².